The second-order valence-electron chi connectivity index (χ2n) is 5.06. The average molecular weight is 297 g/mol. The Hall–Kier alpha value is -1.14. The van der Waals surface area contributed by atoms with Crippen molar-refractivity contribution in [3.05, 3.63) is 16.1 Å². The zero-order valence-corrected chi connectivity index (χ0v) is 14.0. The second-order valence-corrected chi connectivity index (χ2v) is 6.38. The molecule has 0 spiro atoms. The van der Waals surface area contributed by atoms with Crippen LogP contribution in [0.5, 0.6) is 0 Å². The SMILES string of the molecule is CCNC(=NCc1ncc(C)s1)NCCN(C)C(C)C. The average Bonchev–Trinajstić information content (AvgIpc) is 2.81. The number of likely N-dealkylation sites (N-methyl/N-ethyl adjacent to an activating group) is 1. The summed E-state index contributed by atoms with van der Waals surface area (Å²) in [5.74, 6) is 0.859. The number of hydrogen-bond acceptors (Lipinski definition) is 4. The highest BCUT2D eigenvalue weighted by Crippen LogP contribution is 2.11. The molecular formula is C14H27N5S. The molecule has 1 aromatic rings. The molecule has 114 valence electrons. The van der Waals surface area contributed by atoms with Crippen LogP contribution < -0.4 is 10.6 Å². The van der Waals surface area contributed by atoms with Gasteiger partial charge in [-0.25, -0.2) is 9.98 Å². The lowest BCUT2D eigenvalue weighted by Crippen LogP contribution is -2.42. The van der Waals surface area contributed by atoms with Crippen LogP contribution in [-0.4, -0.2) is 48.6 Å². The molecule has 0 radical (unpaired) electrons. The van der Waals surface area contributed by atoms with Crippen molar-refractivity contribution in [2.45, 2.75) is 40.3 Å². The molecule has 0 aliphatic rings. The van der Waals surface area contributed by atoms with E-state index in [1.54, 1.807) is 11.3 Å². The van der Waals surface area contributed by atoms with E-state index in [0.717, 1.165) is 30.6 Å². The quantitative estimate of drug-likeness (QED) is 0.596. The van der Waals surface area contributed by atoms with Crippen LogP contribution in [-0.2, 0) is 6.54 Å². The van der Waals surface area contributed by atoms with E-state index in [-0.39, 0.29) is 0 Å². The van der Waals surface area contributed by atoms with Crippen LogP contribution in [0, 0.1) is 6.92 Å². The first-order valence-electron chi connectivity index (χ1n) is 7.16. The predicted molar refractivity (Wildman–Crippen MR) is 87.4 cm³/mol. The van der Waals surface area contributed by atoms with Crippen molar-refractivity contribution in [2.24, 2.45) is 4.99 Å². The first-order valence-corrected chi connectivity index (χ1v) is 7.98. The molecule has 1 heterocycles. The van der Waals surface area contributed by atoms with E-state index in [9.17, 15) is 0 Å². The van der Waals surface area contributed by atoms with E-state index >= 15 is 0 Å². The van der Waals surface area contributed by atoms with Crippen molar-refractivity contribution in [1.29, 1.82) is 0 Å². The Morgan fingerprint density at radius 1 is 1.45 bits per heavy atom. The van der Waals surface area contributed by atoms with Crippen LogP contribution in [0.15, 0.2) is 11.2 Å². The van der Waals surface area contributed by atoms with Gasteiger partial charge < -0.3 is 15.5 Å². The maximum atomic E-state index is 4.56. The number of rotatable bonds is 7. The summed E-state index contributed by atoms with van der Waals surface area (Å²) in [5, 5.41) is 7.67. The minimum Gasteiger partial charge on any atom is -0.357 e. The summed E-state index contributed by atoms with van der Waals surface area (Å²) in [6.07, 6.45) is 1.90. The molecular weight excluding hydrogens is 270 g/mol. The third-order valence-electron chi connectivity index (χ3n) is 3.02. The molecule has 0 fully saturated rings. The maximum Gasteiger partial charge on any atom is 0.191 e. The van der Waals surface area contributed by atoms with Crippen molar-refractivity contribution in [1.82, 2.24) is 20.5 Å². The van der Waals surface area contributed by atoms with Crippen LogP contribution in [0.4, 0.5) is 0 Å². The number of guanidine groups is 1. The molecule has 5 nitrogen and oxygen atoms in total. The van der Waals surface area contributed by atoms with E-state index in [0.29, 0.717) is 12.6 Å². The molecule has 1 rings (SSSR count). The molecule has 1 aromatic heterocycles. The Kier molecular flexibility index (Phi) is 7.54. The smallest absolute Gasteiger partial charge is 0.191 e. The zero-order chi connectivity index (χ0) is 15.0. The summed E-state index contributed by atoms with van der Waals surface area (Å²) in [4.78, 5) is 12.4. The third-order valence-corrected chi connectivity index (χ3v) is 3.92. The van der Waals surface area contributed by atoms with Gasteiger partial charge in [-0.1, -0.05) is 0 Å². The van der Waals surface area contributed by atoms with Gasteiger partial charge >= 0.3 is 0 Å². The molecule has 0 unspecified atom stereocenters. The Bertz CT molecular complexity index is 413. The Morgan fingerprint density at radius 3 is 2.75 bits per heavy atom. The first kappa shape index (κ1) is 16.9. The number of hydrogen-bond donors (Lipinski definition) is 2. The Morgan fingerprint density at radius 2 is 2.20 bits per heavy atom. The second kappa shape index (κ2) is 8.92. The van der Waals surface area contributed by atoms with Crippen LogP contribution >= 0.6 is 11.3 Å². The van der Waals surface area contributed by atoms with Crippen molar-refractivity contribution in [2.75, 3.05) is 26.7 Å². The summed E-state index contributed by atoms with van der Waals surface area (Å²) in [6, 6.07) is 0.564. The lowest BCUT2D eigenvalue weighted by molar-refractivity contribution is 0.278. The van der Waals surface area contributed by atoms with Gasteiger partial charge in [0.2, 0.25) is 0 Å². The molecule has 0 aromatic carbocycles. The molecule has 20 heavy (non-hydrogen) atoms. The molecule has 2 N–H and O–H groups in total. The molecule has 0 saturated heterocycles. The molecule has 0 aliphatic heterocycles. The van der Waals surface area contributed by atoms with Gasteiger partial charge in [0.05, 0.1) is 6.54 Å². The monoisotopic (exact) mass is 297 g/mol. The molecule has 0 bridgehead atoms. The van der Waals surface area contributed by atoms with Crippen LogP contribution in [0.1, 0.15) is 30.7 Å². The minimum absolute atomic E-state index is 0.564. The largest absolute Gasteiger partial charge is 0.357 e. The summed E-state index contributed by atoms with van der Waals surface area (Å²) >= 11 is 1.70. The van der Waals surface area contributed by atoms with Gasteiger partial charge in [-0.3, -0.25) is 0 Å². The van der Waals surface area contributed by atoms with E-state index in [4.69, 9.17) is 0 Å². The highest BCUT2D eigenvalue weighted by molar-refractivity contribution is 7.11. The number of aliphatic imine (C=N–C) groups is 1. The number of aromatic nitrogens is 1. The molecule has 0 amide bonds. The fourth-order valence-corrected chi connectivity index (χ4v) is 2.28. The molecule has 0 saturated carbocycles. The number of nitrogens with one attached hydrogen (secondary N) is 2. The van der Waals surface area contributed by atoms with Gasteiger partial charge in [0.1, 0.15) is 5.01 Å². The topological polar surface area (TPSA) is 52.6 Å². The molecule has 6 heteroatoms. The van der Waals surface area contributed by atoms with E-state index in [1.807, 2.05) is 6.20 Å². The lowest BCUT2D eigenvalue weighted by atomic mass is 10.3. The standard InChI is InChI=1S/C14H27N5S/c1-6-15-14(16-7-8-19(5)11(2)3)18-10-13-17-9-12(4)20-13/h9,11H,6-8,10H2,1-5H3,(H2,15,16,18). The third kappa shape index (κ3) is 6.34. The van der Waals surface area contributed by atoms with Gasteiger partial charge in [0.15, 0.2) is 5.96 Å². The fourth-order valence-electron chi connectivity index (χ4n) is 1.57. The first-order chi connectivity index (χ1) is 9.52. The van der Waals surface area contributed by atoms with Gasteiger partial charge in [-0.15, -0.1) is 11.3 Å². The van der Waals surface area contributed by atoms with Gasteiger partial charge in [0.25, 0.3) is 0 Å². The maximum absolute atomic E-state index is 4.56. The van der Waals surface area contributed by atoms with Crippen molar-refractivity contribution in [3.8, 4) is 0 Å². The summed E-state index contributed by atoms with van der Waals surface area (Å²) < 4.78 is 0. The van der Waals surface area contributed by atoms with Crippen LogP contribution in [0.2, 0.25) is 0 Å². The van der Waals surface area contributed by atoms with Gasteiger partial charge in [-0.2, -0.15) is 0 Å². The minimum atomic E-state index is 0.564. The summed E-state index contributed by atoms with van der Waals surface area (Å²) in [6.45, 7) is 11.9. The fraction of sp³-hybridized carbons (Fsp3) is 0.714. The number of thiazole rings is 1. The van der Waals surface area contributed by atoms with Gasteiger partial charge in [-0.05, 0) is 34.7 Å². The lowest BCUT2D eigenvalue weighted by Gasteiger charge is -2.21. The van der Waals surface area contributed by atoms with Gasteiger partial charge in [0, 0.05) is 36.8 Å². The number of aryl methyl sites for hydroxylation is 1. The Balaban J connectivity index is 2.42. The van der Waals surface area contributed by atoms with E-state index in [2.05, 4.69) is 60.3 Å². The van der Waals surface area contributed by atoms with Crippen molar-refractivity contribution in [3.63, 3.8) is 0 Å². The molecule has 0 aliphatic carbocycles. The summed E-state index contributed by atoms with van der Waals surface area (Å²) in [7, 11) is 2.13. The highest BCUT2D eigenvalue weighted by atomic mass is 32.1. The van der Waals surface area contributed by atoms with Crippen molar-refractivity contribution >= 4 is 17.3 Å². The normalized spacial score (nSPS) is 12.2. The van der Waals surface area contributed by atoms with Crippen LogP contribution in [0.25, 0.3) is 0 Å². The highest BCUT2D eigenvalue weighted by Gasteiger charge is 2.04. The molecule has 0 atom stereocenters. The Labute approximate surface area is 126 Å². The van der Waals surface area contributed by atoms with E-state index < -0.39 is 0 Å². The zero-order valence-electron chi connectivity index (χ0n) is 13.2. The number of nitrogens with zero attached hydrogens (tertiary/aromatic N) is 3. The van der Waals surface area contributed by atoms with Crippen LogP contribution in [0.3, 0.4) is 0 Å². The van der Waals surface area contributed by atoms with Crippen molar-refractivity contribution < 1.29 is 0 Å². The van der Waals surface area contributed by atoms with E-state index in [1.165, 1.54) is 4.88 Å². The summed E-state index contributed by atoms with van der Waals surface area (Å²) in [5.41, 5.74) is 0. The predicted octanol–water partition coefficient (Wildman–Crippen LogP) is 1.85.